The summed E-state index contributed by atoms with van der Waals surface area (Å²) in [4.78, 5) is 52.9. The van der Waals surface area contributed by atoms with Crippen molar-refractivity contribution in [2.45, 2.75) is 50.2 Å². The summed E-state index contributed by atoms with van der Waals surface area (Å²) in [5.74, 6) is -0.648. The molecule has 2 aromatic heterocycles. The number of amides is 4. The highest BCUT2D eigenvalue weighted by atomic mass is 35.5. The van der Waals surface area contributed by atoms with Crippen molar-refractivity contribution in [3.8, 4) is 11.3 Å². The van der Waals surface area contributed by atoms with Gasteiger partial charge in [-0.25, -0.2) is 9.78 Å². The van der Waals surface area contributed by atoms with Crippen molar-refractivity contribution in [1.29, 1.82) is 0 Å². The van der Waals surface area contributed by atoms with Crippen LogP contribution in [-0.4, -0.2) is 103 Å². The van der Waals surface area contributed by atoms with Gasteiger partial charge in [0.1, 0.15) is 0 Å². The summed E-state index contributed by atoms with van der Waals surface area (Å²) in [6.45, 7) is 2.08. The van der Waals surface area contributed by atoms with E-state index < -0.39 is 23.9 Å². The normalized spacial score (nSPS) is 23.8. The van der Waals surface area contributed by atoms with Gasteiger partial charge >= 0.3 is 12.2 Å². The van der Waals surface area contributed by atoms with Crippen molar-refractivity contribution in [1.82, 2.24) is 40.2 Å². The number of alkyl halides is 3. The maximum Gasteiger partial charge on any atom is 0.435 e. The minimum atomic E-state index is -4.69. The van der Waals surface area contributed by atoms with Gasteiger partial charge in [0.05, 0.1) is 40.2 Å². The van der Waals surface area contributed by atoms with Crippen LogP contribution < -0.4 is 21.3 Å². The molecule has 4 aliphatic rings. The molecule has 5 atom stereocenters. The lowest BCUT2D eigenvalue weighted by atomic mass is 9.85. The number of rotatable bonds is 8. The number of nitrogens with one attached hydrogen (secondary N) is 4. The first-order chi connectivity index (χ1) is 24.3. The van der Waals surface area contributed by atoms with E-state index in [1.54, 1.807) is 4.90 Å². The van der Waals surface area contributed by atoms with Crippen LogP contribution in [0.3, 0.4) is 0 Å². The van der Waals surface area contributed by atoms with Crippen LogP contribution in [-0.2, 0) is 24.6 Å². The summed E-state index contributed by atoms with van der Waals surface area (Å²) in [5, 5.41) is 32.2. The number of imidazole rings is 1. The molecule has 51 heavy (non-hydrogen) atoms. The van der Waals surface area contributed by atoms with E-state index in [1.807, 2.05) is 0 Å². The third-order valence-corrected chi connectivity index (χ3v) is 10.2. The molecular formula is C32H37ClF3N9O6. The third-order valence-electron chi connectivity index (χ3n) is 9.91. The number of urea groups is 1. The number of fused-ring (bicyclic) bond motifs is 1. The van der Waals surface area contributed by atoms with Gasteiger partial charge in [0.25, 0.3) is 18.3 Å². The molecule has 1 aromatic carbocycles. The molecule has 4 heterocycles. The molecule has 7 rings (SSSR count). The number of piperidine rings is 1. The second kappa shape index (κ2) is 14.5. The van der Waals surface area contributed by atoms with E-state index in [4.69, 9.17) is 21.5 Å². The van der Waals surface area contributed by atoms with Gasteiger partial charge in [0, 0.05) is 69.5 Å². The number of likely N-dealkylation sites (tertiary alicyclic amines) is 1. The lowest BCUT2D eigenvalue weighted by molar-refractivity contribution is -0.141. The van der Waals surface area contributed by atoms with Crippen LogP contribution in [0.4, 0.5) is 23.7 Å². The summed E-state index contributed by atoms with van der Waals surface area (Å²) >= 11 is 6.43. The number of carbonyl (C=O) groups is 4. The molecule has 4 amide bonds. The van der Waals surface area contributed by atoms with Crippen LogP contribution in [0.25, 0.3) is 11.3 Å². The number of halogens is 4. The summed E-state index contributed by atoms with van der Waals surface area (Å²) in [7, 11) is 1.46. The van der Waals surface area contributed by atoms with Gasteiger partial charge in [-0.05, 0) is 37.0 Å². The van der Waals surface area contributed by atoms with Crippen LogP contribution in [0.2, 0.25) is 5.02 Å². The van der Waals surface area contributed by atoms with E-state index in [2.05, 4.69) is 31.3 Å². The van der Waals surface area contributed by atoms with E-state index in [0.29, 0.717) is 38.6 Å². The number of anilines is 1. The molecule has 2 aliphatic carbocycles. The fraction of sp³-hybridized carbons (Fsp3) is 0.500. The number of β-amino-alcohol motifs (C(OH)–C–C–N with tert-alkyl or cyclic N) is 1. The SMILES string of the molecule is Cn1c(-c2cn(CC3CCC3)nc2C(F)(F)F)cnc1C(=O)Nc1ccc(C(=O)NC2[C@H]3CN(C(=O)N[C@@H]4CNC[C@H]4O)C[C@@H]23)c(Cl)c1.O=CO. The number of carbonyl (C=O) groups excluding carboxylic acids is 3. The third kappa shape index (κ3) is 7.67. The van der Waals surface area contributed by atoms with Crippen LogP contribution in [0.15, 0.2) is 30.6 Å². The van der Waals surface area contributed by atoms with Crippen LogP contribution >= 0.6 is 11.6 Å². The number of nitrogens with zero attached hydrogens (tertiary/aromatic N) is 5. The van der Waals surface area contributed by atoms with Crippen molar-refractivity contribution in [3.05, 3.63) is 52.7 Å². The van der Waals surface area contributed by atoms with E-state index >= 15 is 0 Å². The number of aromatic nitrogens is 4. The van der Waals surface area contributed by atoms with E-state index in [0.717, 1.165) is 19.3 Å². The number of benzene rings is 1. The number of hydrogen-bond acceptors (Lipinski definition) is 8. The molecule has 0 bridgehead atoms. The van der Waals surface area contributed by atoms with Gasteiger partial charge in [0.2, 0.25) is 0 Å². The van der Waals surface area contributed by atoms with Crippen LogP contribution in [0.1, 0.15) is 45.9 Å². The predicted molar refractivity (Wildman–Crippen MR) is 176 cm³/mol. The zero-order chi connectivity index (χ0) is 36.6. The Balaban J connectivity index is 0.00000144. The predicted octanol–water partition coefficient (Wildman–Crippen LogP) is 2.41. The van der Waals surface area contributed by atoms with Crippen LogP contribution in [0, 0.1) is 17.8 Å². The number of hydrogen-bond donors (Lipinski definition) is 6. The topological polar surface area (TPSA) is 196 Å². The van der Waals surface area contributed by atoms with Gasteiger partial charge in [-0.3, -0.25) is 19.1 Å². The minimum Gasteiger partial charge on any atom is -0.483 e. The largest absolute Gasteiger partial charge is 0.483 e. The average molecular weight is 736 g/mol. The van der Waals surface area contributed by atoms with Crippen molar-refractivity contribution in [2.75, 3.05) is 31.5 Å². The lowest BCUT2D eigenvalue weighted by Gasteiger charge is -2.24. The second-order valence-corrected chi connectivity index (χ2v) is 13.6. The molecule has 15 nitrogen and oxygen atoms in total. The first-order valence-corrected chi connectivity index (χ1v) is 16.8. The van der Waals surface area contributed by atoms with E-state index in [1.165, 1.54) is 46.9 Å². The quantitative estimate of drug-likeness (QED) is 0.188. The smallest absolute Gasteiger partial charge is 0.435 e. The van der Waals surface area contributed by atoms with Gasteiger partial charge in [-0.2, -0.15) is 18.3 Å². The summed E-state index contributed by atoms with van der Waals surface area (Å²) in [6, 6.07) is 3.73. The minimum absolute atomic E-state index is 0.0927. The Morgan fingerprint density at radius 1 is 1.12 bits per heavy atom. The van der Waals surface area contributed by atoms with Crippen molar-refractivity contribution < 1.29 is 42.6 Å². The Morgan fingerprint density at radius 2 is 1.82 bits per heavy atom. The molecule has 4 fully saturated rings. The van der Waals surface area contributed by atoms with Gasteiger partial charge in [-0.15, -0.1) is 0 Å². The number of carboxylic acid groups (broad SMARTS) is 1. The highest BCUT2D eigenvalue weighted by Gasteiger charge is 2.57. The fourth-order valence-corrected chi connectivity index (χ4v) is 7.15. The first kappa shape index (κ1) is 36.1. The Labute approximate surface area is 294 Å². The van der Waals surface area contributed by atoms with Gasteiger partial charge < -0.3 is 40.9 Å². The Hall–Kier alpha value is -4.68. The highest BCUT2D eigenvalue weighted by Crippen LogP contribution is 2.46. The summed E-state index contributed by atoms with van der Waals surface area (Å²) in [6.07, 6.45) is 0.222. The van der Waals surface area contributed by atoms with Gasteiger partial charge in [-0.1, -0.05) is 18.0 Å². The van der Waals surface area contributed by atoms with Gasteiger partial charge in [0.15, 0.2) is 11.5 Å². The molecule has 19 heteroatoms. The molecule has 0 radical (unpaired) electrons. The standard InChI is InChI=1S/C31H35ClF3N9O4.CH2O2/c1-42-23(20-14-44(11-15-3-2-4-15)41-26(20)31(33,34)35)9-37-27(42)29(47)38-16-5-6-17(21(32)7-16)28(46)40-25-18-12-43(13-19(18)25)30(48)39-22-8-36-10-24(22)45;2-1-3/h5-7,9,14-15,18-19,22,24-25,36,45H,2-4,8,10-13H2,1H3,(H,38,47)(H,39,48)(H,40,46);1H,(H,2,3)/t18-,19+,22-,24-,25?;/m1./s1. The zero-order valence-electron chi connectivity index (χ0n) is 27.4. The molecule has 2 aliphatic heterocycles. The fourth-order valence-electron chi connectivity index (χ4n) is 6.88. The number of aliphatic hydroxyl groups excluding tert-OH is 1. The second-order valence-electron chi connectivity index (χ2n) is 13.2. The van der Waals surface area contributed by atoms with E-state index in [-0.39, 0.29) is 75.7 Å². The monoisotopic (exact) mass is 735 g/mol. The van der Waals surface area contributed by atoms with Crippen molar-refractivity contribution >= 4 is 41.6 Å². The Bertz CT molecular complexity index is 1800. The summed E-state index contributed by atoms with van der Waals surface area (Å²) in [5.41, 5.74) is -0.631. The highest BCUT2D eigenvalue weighted by molar-refractivity contribution is 6.34. The molecular weight excluding hydrogens is 699 g/mol. The lowest BCUT2D eigenvalue weighted by Crippen LogP contribution is -2.49. The molecule has 2 saturated heterocycles. The molecule has 6 N–H and O–H groups in total. The first-order valence-electron chi connectivity index (χ1n) is 16.4. The maximum atomic E-state index is 13.9. The molecule has 1 unspecified atom stereocenters. The average Bonchev–Trinajstić information content (AvgIpc) is 3.61. The molecule has 274 valence electrons. The van der Waals surface area contributed by atoms with Crippen molar-refractivity contribution in [2.24, 2.45) is 24.8 Å². The summed E-state index contributed by atoms with van der Waals surface area (Å²) < 4.78 is 44.3. The molecule has 3 aromatic rings. The van der Waals surface area contributed by atoms with Crippen LogP contribution in [0.5, 0.6) is 0 Å². The van der Waals surface area contributed by atoms with Crippen molar-refractivity contribution in [3.63, 3.8) is 0 Å². The Morgan fingerprint density at radius 3 is 2.41 bits per heavy atom. The zero-order valence-corrected chi connectivity index (χ0v) is 28.1. The number of aliphatic hydroxyl groups is 1. The van der Waals surface area contributed by atoms with E-state index in [9.17, 15) is 32.7 Å². The molecule has 2 saturated carbocycles. The molecule has 0 spiro atoms. The maximum absolute atomic E-state index is 13.9. The Kier molecular flexibility index (Phi) is 10.3.